The zero-order valence-electron chi connectivity index (χ0n) is 9.95. The van der Waals surface area contributed by atoms with E-state index in [1.165, 1.54) is 6.20 Å². The second-order valence-electron chi connectivity index (χ2n) is 3.51. The highest BCUT2D eigenvalue weighted by molar-refractivity contribution is 6.33. The highest BCUT2D eigenvalue weighted by Gasteiger charge is 2.07. The molecule has 19 heavy (non-hydrogen) atoms. The molecule has 0 saturated carbocycles. The Morgan fingerprint density at radius 1 is 1.26 bits per heavy atom. The van der Waals surface area contributed by atoms with E-state index in [1.807, 2.05) is 0 Å². The molecule has 0 aliphatic rings. The maximum Gasteiger partial charge on any atom is 0.239 e. The molecule has 2 rings (SSSR count). The van der Waals surface area contributed by atoms with Crippen LogP contribution in [0.3, 0.4) is 0 Å². The van der Waals surface area contributed by atoms with E-state index >= 15 is 0 Å². The van der Waals surface area contributed by atoms with Crippen LogP contribution in [0.4, 0.5) is 17.5 Å². The molecule has 1 heterocycles. The van der Waals surface area contributed by atoms with Gasteiger partial charge in [0.15, 0.2) is 5.82 Å². The van der Waals surface area contributed by atoms with Gasteiger partial charge in [0.25, 0.3) is 0 Å². The summed E-state index contributed by atoms with van der Waals surface area (Å²) in [4.78, 5) is 7.98. The van der Waals surface area contributed by atoms with Gasteiger partial charge in [0.2, 0.25) is 5.95 Å². The Kier molecular flexibility index (Phi) is 4.26. The molecule has 6 nitrogen and oxygen atoms in total. The first kappa shape index (κ1) is 13.7. The molecule has 0 bridgehead atoms. The topological polar surface area (TPSA) is 85.1 Å². The Balaban J connectivity index is 2.30. The Hall–Kier alpha value is -1.76. The molecule has 0 aliphatic carbocycles. The lowest BCUT2D eigenvalue weighted by Crippen LogP contribution is -2.11. The number of hydrogen-bond acceptors (Lipinski definition) is 6. The third-order valence-electron chi connectivity index (χ3n) is 2.29. The van der Waals surface area contributed by atoms with Crippen LogP contribution in [0, 0.1) is 0 Å². The maximum atomic E-state index is 5.99. The number of nitrogens with zero attached hydrogens (tertiary/aromatic N) is 2. The van der Waals surface area contributed by atoms with Gasteiger partial charge in [-0.2, -0.15) is 4.98 Å². The molecule has 2 aromatic rings. The lowest BCUT2D eigenvalue weighted by atomic mass is 10.3. The normalized spacial score (nSPS) is 10.1. The maximum absolute atomic E-state index is 5.99. The monoisotopic (exact) mass is 299 g/mol. The molecular weight excluding hydrogens is 289 g/mol. The highest BCUT2D eigenvalue weighted by Crippen LogP contribution is 2.30. The lowest BCUT2D eigenvalue weighted by molar-refractivity contribution is 0.415. The van der Waals surface area contributed by atoms with E-state index in [4.69, 9.17) is 33.8 Å². The number of hydrogen-bond donors (Lipinski definition) is 3. The lowest BCUT2D eigenvalue weighted by Gasteiger charge is -2.10. The van der Waals surface area contributed by atoms with Crippen molar-refractivity contribution in [3.05, 3.63) is 34.4 Å². The van der Waals surface area contributed by atoms with Crippen LogP contribution < -0.4 is 21.3 Å². The molecule has 0 amide bonds. The summed E-state index contributed by atoms with van der Waals surface area (Å²) in [5.41, 5.74) is 3.07. The Morgan fingerprint density at radius 2 is 2.05 bits per heavy atom. The van der Waals surface area contributed by atoms with Crippen LogP contribution >= 0.6 is 23.2 Å². The van der Waals surface area contributed by atoms with E-state index in [-0.39, 0.29) is 5.95 Å². The van der Waals surface area contributed by atoms with E-state index in [1.54, 1.807) is 25.3 Å². The smallest absolute Gasteiger partial charge is 0.239 e. The predicted octanol–water partition coefficient (Wildman–Crippen LogP) is 2.82. The SMILES string of the molecule is COc1cc(Nc2nc(NN)ncc2Cl)ccc1Cl. The van der Waals surface area contributed by atoms with Crippen LogP contribution in [-0.4, -0.2) is 17.1 Å². The molecule has 1 aromatic heterocycles. The summed E-state index contributed by atoms with van der Waals surface area (Å²) < 4.78 is 5.13. The van der Waals surface area contributed by atoms with Gasteiger partial charge in [-0.1, -0.05) is 23.2 Å². The highest BCUT2D eigenvalue weighted by atomic mass is 35.5. The molecule has 0 unspecified atom stereocenters. The number of aromatic nitrogens is 2. The average molecular weight is 300 g/mol. The standard InChI is InChI=1S/C11H11Cl2N5O/c1-19-9-4-6(2-3-7(9)12)16-10-8(13)5-15-11(17-10)18-14/h2-5H,14H2,1H3,(H2,15,16,17,18). The van der Waals surface area contributed by atoms with Gasteiger partial charge in [-0.05, 0) is 12.1 Å². The quantitative estimate of drug-likeness (QED) is 0.594. The van der Waals surface area contributed by atoms with Gasteiger partial charge in [-0.25, -0.2) is 10.8 Å². The molecule has 100 valence electrons. The van der Waals surface area contributed by atoms with Crippen molar-refractivity contribution < 1.29 is 4.74 Å². The van der Waals surface area contributed by atoms with Gasteiger partial charge >= 0.3 is 0 Å². The summed E-state index contributed by atoms with van der Waals surface area (Å²) in [5.74, 6) is 6.48. The molecule has 0 fully saturated rings. The summed E-state index contributed by atoms with van der Waals surface area (Å²) in [6, 6.07) is 5.22. The summed E-state index contributed by atoms with van der Waals surface area (Å²) >= 11 is 11.9. The van der Waals surface area contributed by atoms with Crippen molar-refractivity contribution in [2.75, 3.05) is 17.9 Å². The zero-order chi connectivity index (χ0) is 13.8. The van der Waals surface area contributed by atoms with Crippen molar-refractivity contribution in [3.63, 3.8) is 0 Å². The Labute approximate surface area is 119 Å². The van der Waals surface area contributed by atoms with E-state index < -0.39 is 0 Å². The summed E-state index contributed by atoms with van der Waals surface area (Å²) in [7, 11) is 1.54. The van der Waals surface area contributed by atoms with Crippen LogP contribution in [0.2, 0.25) is 10.0 Å². The Bertz CT molecular complexity index is 593. The minimum absolute atomic E-state index is 0.257. The van der Waals surface area contributed by atoms with Crippen molar-refractivity contribution in [3.8, 4) is 5.75 Å². The second kappa shape index (κ2) is 5.92. The number of nitrogens with two attached hydrogens (primary N) is 1. The van der Waals surface area contributed by atoms with E-state index in [0.717, 1.165) is 5.69 Å². The van der Waals surface area contributed by atoms with Crippen LogP contribution in [0.5, 0.6) is 5.75 Å². The number of ether oxygens (including phenoxy) is 1. The van der Waals surface area contributed by atoms with Crippen LogP contribution in [-0.2, 0) is 0 Å². The van der Waals surface area contributed by atoms with E-state index in [0.29, 0.717) is 21.6 Å². The first-order valence-corrected chi connectivity index (χ1v) is 5.99. The van der Waals surface area contributed by atoms with E-state index in [2.05, 4.69) is 20.7 Å². The van der Waals surface area contributed by atoms with E-state index in [9.17, 15) is 0 Å². The summed E-state index contributed by atoms with van der Waals surface area (Å²) in [6.45, 7) is 0. The number of anilines is 3. The molecule has 8 heteroatoms. The fraction of sp³-hybridized carbons (Fsp3) is 0.0909. The minimum Gasteiger partial charge on any atom is -0.495 e. The van der Waals surface area contributed by atoms with Gasteiger partial charge in [0, 0.05) is 11.8 Å². The van der Waals surface area contributed by atoms with Crippen LogP contribution in [0.1, 0.15) is 0 Å². The number of benzene rings is 1. The predicted molar refractivity (Wildman–Crippen MR) is 76.1 cm³/mol. The summed E-state index contributed by atoms with van der Waals surface area (Å²) in [6.07, 6.45) is 1.44. The average Bonchev–Trinajstić information content (AvgIpc) is 2.43. The number of nitrogen functional groups attached to an aromatic ring is 1. The molecule has 0 spiro atoms. The Morgan fingerprint density at radius 3 is 2.74 bits per heavy atom. The van der Waals surface area contributed by atoms with Gasteiger partial charge in [-0.3, -0.25) is 5.43 Å². The van der Waals surface area contributed by atoms with Gasteiger partial charge < -0.3 is 10.1 Å². The van der Waals surface area contributed by atoms with Gasteiger partial charge in [0.1, 0.15) is 10.8 Å². The number of halogens is 2. The molecule has 4 N–H and O–H groups in total. The minimum atomic E-state index is 0.257. The molecule has 0 saturated heterocycles. The van der Waals surface area contributed by atoms with Crippen LogP contribution in [0.15, 0.2) is 24.4 Å². The fourth-order valence-electron chi connectivity index (χ4n) is 1.40. The fourth-order valence-corrected chi connectivity index (χ4v) is 1.73. The number of nitrogens with one attached hydrogen (secondary N) is 2. The third kappa shape index (κ3) is 3.17. The number of hydrazine groups is 1. The number of methoxy groups -OCH3 is 1. The molecule has 0 radical (unpaired) electrons. The molecule has 0 aliphatic heterocycles. The molecular formula is C11H11Cl2N5O. The van der Waals surface area contributed by atoms with Crippen molar-refractivity contribution >= 4 is 40.7 Å². The third-order valence-corrected chi connectivity index (χ3v) is 2.88. The second-order valence-corrected chi connectivity index (χ2v) is 4.32. The molecule has 0 atom stereocenters. The zero-order valence-corrected chi connectivity index (χ0v) is 11.5. The van der Waals surface area contributed by atoms with Crippen molar-refractivity contribution in [1.29, 1.82) is 0 Å². The first-order chi connectivity index (χ1) is 9.13. The number of rotatable bonds is 4. The summed E-state index contributed by atoms with van der Waals surface area (Å²) in [5, 5.41) is 3.92. The van der Waals surface area contributed by atoms with Crippen molar-refractivity contribution in [2.24, 2.45) is 5.84 Å². The van der Waals surface area contributed by atoms with Crippen LogP contribution in [0.25, 0.3) is 0 Å². The van der Waals surface area contributed by atoms with Gasteiger partial charge in [0.05, 0.1) is 18.3 Å². The largest absolute Gasteiger partial charge is 0.495 e. The van der Waals surface area contributed by atoms with Crippen molar-refractivity contribution in [1.82, 2.24) is 9.97 Å². The van der Waals surface area contributed by atoms with Crippen molar-refractivity contribution in [2.45, 2.75) is 0 Å². The van der Waals surface area contributed by atoms with Gasteiger partial charge in [-0.15, -0.1) is 0 Å². The first-order valence-electron chi connectivity index (χ1n) is 5.23. The molecule has 1 aromatic carbocycles.